The van der Waals surface area contributed by atoms with Crippen LogP contribution >= 0.6 is 11.6 Å². The summed E-state index contributed by atoms with van der Waals surface area (Å²) in [6, 6.07) is 0. The number of H-pyrrole nitrogens is 1. The van der Waals surface area contributed by atoms with E-state index in [1.165, 1.54) is 0 Å². The van der Waals surface area contributed by atoms with Crippen LogP contribution < -0.4 is 15.4 Å². The Morgan fingerprint density at radius 2 is 1.86 bits per heavy atom. The molecule has 1 aliphatic rings. The van der Waals surface area contributed by atoms with Gasteiger partial charge in [0.05, 0.1) is 12.7 Å². The predicted octanol–water partition coefficient (Wildman–Crippen LogP) is 2.56. The summed E-state index contributed by atoms with van der Waals surface area (Å²) in [5.74, 6) is 0.667. The molecule has 2 aromatic heterocycles. The molecule has 0 aliphatic carbocycles. The summed E-state index contributed by atoms with van der Waals surface area (Å²) in [6.07, 6.45) is 2.63. The van der Waals surface area contributed by atoms with Crippen LogP contribution in [0.15, 0.2) is 4.79 Å². The van der Waals surface area contributed by atoms with Crippen molar-refractivity contribution in [3.63, 3.8) is 0 Å². The maximum Gasteiger partial charge on any atom is 0.306 e. The highest BCUT2D eigenvalue weighted by atomic mass is 35.5. The Labute approximate surface area is 210 Å². The largest absolute Gasteiger partial charge is 0.460 e. The Morgan fingerprint density at radius 1 is 1.14 bits per heavy atom. The number of nitrogens with zero attached hydrogens (tertiary/aromatic N) is 5. The van der Waals surface area contributed by atoms with Crippen molar-refractivity contribution in [1.82, 2.24) is 19.9 Å². The van der Waals surface area contributed by atoms with Crippen molar-refractivity contribution in [2.75, 3.05) is 56.8 Å². The van der Waals surface area contributed by atoms with Crippen LogP contribution in [0.1, 0.15) is 46.5 Å². The van der Waals surface area contributed by atoms with Crippen molar-refractivity contribution in [2.24, 2.45) is 0 Å². The predicted molar refractivity (Wildman–Crippen MR) is 134 cm³/mol. The van der Waals surface area contributed by atoms with Crippen molar-refractivity contribution in [3.05, 3.63) is 15.6 Å². The molecular formula is C23H35ClN6O5. The van der Waals surface area contributed by atoms with Crippen LogP contribution in [0.5, 0.6) is 0 Å². The standard InChI is InChI=1S/C23H35ClN6O5/c1-23(2,3)35-16(31)7-6-10-30(13-14-33-4)22-26-18-17(25-21(24)28-20(18)32)19(27-22)29-11-8-15(34-5)9-12-29/h15H,6-14H2,1-5H3,(H,25,28,32). The summed E-state index contributed by atoms with van der Waals surface area (Å²) in [6.45, 7) is 8.32. The minimum absolute atomic E-state index is 0.0134. The van der Waals surface area contributed by atoms with E-state index in [-0.39, 0.29) is 29.3 Å². The number of fused-ring (bicyclic) bond motifs is 1. The molecule has 0 atom stereocenters. The third-order valence-corrected chi connectivity index (χ3v) is 5.83. The van der Waals surface area contributed by atoms with Gasteiger partial charge >= 0.3 is 5.97 Å². The number of aromatic amines is 1. The molecule has 194 valence electrons. The molecule has 1 aliphatic heterocycles. The van der Waals surface area contributed by atoms with Gasteiger partial charge < -0.3 is 24.0 Å². The first-order valence-electron chi connectivity index (χ1n) is 11.8. The number of carbonyl (C=O) groups excluding carboxylic acids is 1. The zero-order valence-corrected chi connectivity index (χ0v) is 21.9. The summed E-state index contributed by atoms with van der Waals surface area (Å²) < 4.78 is 16.2. The molecule has 0 saturated carbocycles. The fourth-order valence-electron chi connectivity index (χ4n) is 3.96. The number of hydrogen-bond donors (Lipinski definition) is 1. The summed E-state index contributed by atoms with van der Waals surface area (Å²) in [5.41, 5.74) is -0.442. The minimum Gasteiger partial charge on any atom is -0.460 e. The van der Waals surface area contributed by atoms with Crippen LogP contribution in [0.25, 0.3) is 11.0 Å². The van der Waals surface area contributed by atoms with Crippen LogP contribution in [-0.4, -0.2) is 84.6 Å². The molecule has 11 nitrogen and oxygen atoms in total. The topological polar surface area (TPSA) is 123 Å². The van der Waals surface area contributed by atoms with E-state index in [1.54, 1.807) is 14.2 Å². The van der Waals surface area contributed by atoms with E-state index in [4.69, 9.17) is 30.8 Å². The number of carbonyl (C=O) groups is 1. The van der Waals surface area contributed by atoms with Crippen molar-refractivity contribution in [1.29, 1.82) is 0 Å². The Kier molecular flexibility index (Phi) is 9.26. The van der Waals surface area contributed by atoms with Gasteiger partial charge in [-0.25, -0.2) is 9.97 Å². The van der Waals surface area contributed by atoms with E-state index in [0.29, 0.717) is 56.5 Å². The molecule has 3 rings (SSSR count). The maximum absolute atomic E-state index is 12.7. The molecule has 12 heteroatoms. The normalized spacial score (nSPS) is 15.0. The van der Waals surface area contributed by atoms with Gasteiger partial charge in [-0.3, -0.25) is 14.6 Å². The lowest BCUT2D eigenvalue weighted by Gasteiger charge is -2.33. The Morgan fingerprint density at radius 3 is 2.49 bits per heavy atom. The van der Waals surface area contributed by atoms with Gasteiger partial charge in [0.25, 0.3) is 5.56 Å². The summed E-state index contributed by atoms with van der Waals surface area (Å²) in [7, 11) is 3.33. The zero-order valence-electron chi connectivity index (χ0n) is 21.1. The molecule has 0 bridgehead atoms. The van der Waals surface area contributed by atoms with Gasteiger partial charge in [-0.05, 0) is 51.6 Å². The number of halogens is 1. The van der Waals surface area contributed by atoms with Crippen molar-refractivity contribution < 1.29 is 19.0 Å². The van der Waals surface area contributed by atoms with Gasteiger partial charge in [0, 0.05) is 46.8 Å². The monoisotopic (exact) mass is 510 g/mol. The number of anilines is 2. The van der Waals surface area contributed by atoms with Gasteiger partial charge in [-0.15, -0.1) is 0 Å². The molecule has 0 aromatic carbocycles. The second kappa shape index (κ2) is 12.0. The molecule has 0 unspecified atom stereocenters. The van der Waals surface area contributed by atoms with Gasteiger partial charge in [0.1, 0.15) is 11.1 Å². The van der Waals surface area contributed by atoms with E-state index in [1.807, 2.05) is 25.7 Å². The fourth-order valence-corrected chi connectivity index (χ4v) is 4.13. The van der Waals surface area contributed by atoms with Crippen molar-refractivity contribution >= 4 is 40.4 Å². The van der Waals surface area contributed by atoms with E-state index < -0.39 is 11.2 Å². The molecule has 1 fully saturated rings. The van der Waals surface area contributed by atoms with Crippen LogP contribution in [-0.2, 0) is 19.0 Å². The molecule has 35 heavy (non-hydrogen) atoms. The van der Waals surface area contributed by atoms with E-state index in [9.17, 15) is 9.59 Å². The van der Waals surface area contributed by atoms with Crippen molar-refractivity contribution in [3.8, 4) is 0 Å². The summed E-state index contributed by atoms with van der Waals surface area (Å²) in [4.78, 5) is 45.1. The highest BCUT2D eigenvalue weighted by molar-refractivity contribution is 6.28. The van der Waals surface area contributed by atoms with Gasteiger partial charge in [-0.1, -0.05) is 0 Å². The number of piperidine rings is 1. The number of nitrogens with one attached hydrogen (secondary N) is 1. The molecule has 1 N–H and O–H groups in total. The van der Waals surface area contributed by atoms with Crippen molar-refractivity contribution in [2.45, 2.75) is 58.2 Å². The molecule has 1 saturated heterocycles. The highest BCUT2D eigenvalue weighted by Gasteiger charge is 2.25. The second-order valence-corrected chi connectivity index (χ2v) is 9.85. The first kappa shape index (κ1) is 27.1. The number of aromatic nitrogens is 4. The Balaban J connectivity index is 1.91. The maximum atomic E-state index is 12.7. The summed E-state index contributed by atoms with van der Waals surface area (Å²) >= 11 is 6.06. The Hall–Kier alpha value is -2.50. The van der Waals surface area contributed by atoms with Crippen LogP contribution in [0.4, 0.5) is 11.8 Å². The van der Waals surface area contributed by atoms with E-state index in [2.05, 4.69) is 19.9 Å². The average Bonchev–Trinajstić information content (AvgIpc) is 2.79. The zero-order chi connectivity index (χ0) is 25.6. The number of methoxy groups -OCH3 is 2. The third kappa shape index (κ3) is 7.49. The lowest BCUT2D eigenvalue weighted by Crippen LogP contribution is -2.38. The smallest absolute Gasteiger partial charge is 0.306 e. The molecule has 3 heterocycles. The SMILES string of the molecule is COCCN(CCCC(=O)OC(C)(C)C)c1nc(N2CCC(OC)CC2)c2nc(Cl)[nH]c(=O)c2n1. The molecular weight excluding hydrogens is 476 g/mol. The lowest BCUT2D eigenvalue weighted by atomic mass is 10.1. The Bertz CT molecular complexity index is 1060. The van der Waals surface area contributed by atoms with Gasteiger partial charge in [-0.2, -0.15) is 4.98 Å². The number of esters is 1. The number of rotatable bonds is 10. The second-order valence-electron chi connectivity index (χ2n) is 9.49. The van der Waals surface area contributed by atoms with Crippen LogP contribution in [0.2, 0.25) is 5.28 Å². The van der Waals surface area contributed by atoms with Gasteiger partial charge in [0.2, 0.25) is 11.2 Å². The highest BCUT2D eigenvalue weighted by Crippen LogP contribution is 2.27. The first-order chi connectivity index (χ1) is 16.6. The summed E-state index contributed by atoms with van der Waals surface area (Å²) in [5, 5.41) is -0.0134. The lowest BCUT2D eigenvalue weighted by molar-refractivity contribution is -0.154. The molecule has 0 spiro atoms. The quantitative estimate of drug-likeness (QED) is 0.376. The average molecular weight is 511 g/mol. The minimum atomic E-state index is -0.533. The number of ether oxygens (including phenoxy) is 3. The molecule has 0 radical (unpaired) electrons. The van der Waals surface area contributed by atoms with Crippen LogP contribution in [0, 0.1) is 0 Å². The third-order valence-electron chi connectivity index (χ3n) is 5.65. The van der Waals surface area contributed by atoms with Gasteiger partial charge in [0.15, 0.2) is 11.3 Å². The number of hydrogen-bond acceptors (Lipinski definition) is 10. The van der Waals surface area contributed by atoms with E-state index in [0.717, 1.165) is 12.8 Å². The van der Waals surface area contributed by atoms with Crippen LogP contribution in [0.3, 0.4) is 0 Å². The molecule has 2 aromatic rings. The first-order valence-corrected chi connectivity index (χ1v) is 12.2. The van der Waals surface area contributed by atoms with E-state index >= 15 is 0 Å². The fraction of sp³-hybridized carbons (Fsp3) is 0.696. The molecule has 0 amide bonds.